The van der Waals surface area contributed by atoms with Gasteiger partial charge in [-0.15, -0.1) is 0 Å². The van der Waals surface area contributed by atoms with Crippen molar-refractivity contribution in [2.24, 2.45) is 0 Å². The predicted octanol–water partition coefficient (Wildman–Crippen LogP) is 3.35. The van der Waals surface area contributed by atoms with Crippen molar-refractivity contribution in [1.82, 2.24) is 19.7 Å². The molecule has 5 atom stereocenters. The smallest absolute Gasteiger partial charge is 0.459 e. The monoisotopic (exact) mass is 684 g/mol. The van der Waals surface area contributed by atoms with Gasteiger partial charge in [0.2, 0.25) is 11.2 Å². The van der Waals surface area contributed by atoms with Gasteiger partial charge in [0, 0.05) is 12.8 Å². The Morgan fingerprint density at radius 1 is 1.15 bits per heavy atom. The maximum atomic E-state index is 14.3. The lowest BCUT2D eigenvalue weighted by molar-refractivity contribution is -0.187. The number of hydrogen-bond donors (Lipinski definition) is 2. The van der Waals surface area contributed by atoms with Crippen molar-refractivity contribution in [2.75, 3.05) is 18.9 Å². The van der Waals surface area contributed by atoms with Crippen LogP contribution < -0.4 is 15.3 Å². The molecular weight excluding hydrogens is 647 g/mol. The Bertz CT molecular complexity index is 1740. The fraction of sp³-hybridized carbons (Fsp3) is 0.484. The maximum Gasteiger partial charge on any atom is 0.459 e. The molecule has 1 aromatic carbocycles. The third-order valence-electron chi connectivity index (χ3n) is 8.08. The second-order valence-electron chi connectivity index (χ2n) is 11.4. The number of carbonyl (C=O) groups is 3. The predicted molar refractivity (Wildman–Crippen MR) is 167 cm³/mol. The number of rotatable bonds is 14. The first kappa shape index (κ1) is 34.8. The van der Waals surface area contributed by atoms with Gasteiger partial charge in [0.15, 0.2) is 11.9 Å². The summed E-state index contributed by atoms with van der Waals surface area (Å²) in [5.41, 5.74) is 2.38. The Balaban J connectivity index is 1.53. The number of fused-ring (bicyclic) bond motifs is 1. The van der Waals surface area contributed by atoms with Gasteiger partial charge in [-0.25, -0.2) is 14.1 Å². The molecule has 2 aromatic heterocycles. The zero-order valence-corrected chi connectivity index (χ0v) is 27.6. The third kappa shape index (κ3) is 7.00. The average Bonchev–Trinajstić information content (AvgIpc) is 3.63. The summed E-state index contributed by atoms with van der Waals surface area (Å²) in [6.45, 7) is 3.20. The summed E-state index contributed by atoms with van der Waals surface area (Å²) in [6, 6.07) is 12.0. The zero-order valence-electron chi connectivity index (χ0n) is 26.7. The molecule has 3 N–H and O–H groups in total. The molecule has 16 nitrogen and oxygen atoms in total. The topological polar surface area (TPSA) is 216 Å². The molecule has 0 bridgehead atoms. The quantitative estimate of drug-likeness (QED) is 0.141. The van der Waals surface area contributed by atoms with Gasteiger partial charge in [0.25, 0.3) is 0 Å². The first-order valence-corrected chi connectivity index (χ1v) is 17.0. The number of esters is 3. The molecule has 2 aliphatic rings. The van der Waals surface area contributed by atoms with Gasteiger partial charge in [0.1, 0.15) is 42.4 Å². The number of benzene rings is 1. The van der Waals surface area contributed by atoms with Crippen LogP contribution in [0, 0.1) is 11.3 Å². The highest BCUT2D eigenvalue weighted by atomic mass is 31.2. The lowest BCUT2D eigenvalue weighted by Gasteiger charge is -2.36. The molecule has 0 amide bonds. The van der Waals surface area contributed by atoms with E-state index in [1.54, 1.807) is 38.1 Å². The van der Waals surface area contributed by atoms with Crippen molar-refractivity contribution in [3.05, 3.63) is 54.5 Å². The molecule has 2 fully saturated rings. The number of hydrogen-bond acceptors (Lipinski definition) is 14. The summed E-state index contributed by atoms with van der Waals surface area (Å²) in [4.78, 5) is 42.7. The molecule has 0 spiro atoms. The molecule has 3 aromatic rings. The number of nitriles is 1. The Kier molecular flexibility index (Phi) is 10.4. The van der Waals surface area contributed by atoms with E-state index in [1.807, 2.05) is 6.07 Å². The molecule has 1 saturated heterocycles. The number of nitrogens with two attached hydrogens (primary N) is 1. The second kappa shape index (κ2) is 14.3. The van der Waals surface area contributed by atoms with Crippen LogP contribution in [-0.4, -0.2) is 69.6 Å². The van der Waals surface area contributed by atoms with Gasteiger partial charge < -0.3 is 29.2 Å². The number of nitrogen functional groups attached to an aromatic ring is 1. The van der Waals surface area contributed by atoms with E-state index >= 15 is 0 Å². The first-order chi connectivity index (χ1) is 23.0. The molecule has 3 heterocycles. The van der Waals surface area contributed by atoms with Crippen LogP contribution in [0.15, 0.2) is 48.8 Å². The standard InChI is InChI=1S/C31H37N6O10P/c1-4-25(38)45-29-30(16-32,42-18-31(29,46-26(39)5-2)24-15-14-23-27(33)34-19-35-37(23)24)17-43-48(41,47-22-10-7-6-8-11-22)36-20(3)28(40)44-21-12-9-13-21/h6-8,10-11,14-15,19-21,29H,4-5,9,12-13,17-18H2,1-3H3,(H,36,41)(H2,33,34,35)/t20-,29+,30+,31+,48?/m0/s1. The molecule has 1 aliphatic carbocycles. The minimum Gasteiger partial charge on any atom is -0.461 e. The largest absolute Gasteiger partial charge is 0.461 e. The Hall–Kier alpha value is -4.55. The zero-order chi connectivity index (χ0) is 34.5. The summed E-state index contributed by atoms with van der Waals surface area (Å²) in [7, 11) is -4.51. The molecule has 1 unspecified atom stereocenters. The highest BCUT2D eigenvalue weighted by Gasteiger charge is 2.67. The number of nitrogens with zero attached hydrogens (tertiary/aromatic N) is 4. The van der Waals surface area contributed by atoms with Gasteiger partial charge in [-0.2, -0.15) is 15.4 Å². The van der Waals surface area contributed by atoms with Crippen LogP contribution >= 0.6 is 7.75 Å². The second-order valence-corrected chi connectivity index (χ2v) is 13.1. The number of ether oxygens (including phenoxy) is 4. The van der Waals surface area contributed by atoms with Gasteiger partial charge >= 0.3 is 25.7 Å². The van der Waals surface area contributed by atoms with Crippen LogP contribution in [0.2, 0.25) is 0 Å². The minimum atomic E-state index is -4.51. The number of aromatic nitrogens is 3. The SMILES string of the molecule is CCC(=O)O[C@@H]1[C@@](C#N)(COP(=O)(N[C@@H](C)C(=O)OC2CCC2)Oc2ccccc2)OC[C@@]1(OC(=O)CC)c1ccc2c(N)ncnn12. The van der Waals surface area contributed by atoms with Crippen LogP contribution in [0.1, 0.15) is 58.6 Å². The summed E-state index contributed by atoms with van der Waals surface area (Å²) < 4.78 is 50.6. The van der Waals surface area contributed by atoms with Crippen molar-refractivity contribution in [1.29, 1.82) is 5.26 Å². The van der Waals surface area contributed by atoms with Crippen molar-refractivity contribution in [3.63, 3.8) is 0 Å². The van der Waals surface area contributed by atoms with E-state index in [0.717, 1.165) is 19.3 Å². The molecule has 5 rings (SSSR count). The summed E-state index contributed by atoms with van der Waals surface area (Å²) in [6.07, 6.45) is 1.48. The van der Waals surface area contributed by atoms with Gasteiger partial charge in [-0.1, -0.05) is 32.0 Å². The van der Waals surface area contributed by atoms with Crippen LogP contribution in [-0.2, 0) is 48.0 Å². The van der Waals surface area contributed by atoms with E-state index in [2.05, 4.69) is 15.2 Å². The lowest BCUT2D eigenvalue weighted by Crippen LogP contribution is -2.55. The Morgan fingerprint density at radius 3 is 2.52 bits per heavy atom. The highest BCUT2D eigenvalue weighted by molar-refractivity contribution is 7.52. The summed E-state index contributed by atoms with van der Waals surface area (Å²) >= 11 is 0. The van der Waals surface area contributed by atoms with Crippen LogP contribution in [0.4, 0.5) is 5.82 Å². The molecule has 48 heavy (non-hydrogen) atoms. The highest BCUT2D eigenvalue weighted by Crippen LogP contribution is 2.50. The minimum absolute atomic E-state index is 0.0778. The molecule has 1 saturated carbocycles. The van der Waals surface area contributed by atoms with E-state index in [1.165, 1.54) is 36.0 Å². The van der Waals surface area contributed by atoms with E-state index in [-0.39, 0.29) is 36.2 Å². The Morgan fingerprint density at radius 2 is 1.88 bits per heavy atom. The Labute approximate surface area is 276 Å². The normalized spacial score (nSPS) is 24.1. The van der Waals surface area contributed by atoms with Gasteiger partial charge in [-0.05, 0) is 50.5 Å². The van der Waals surface area contributed by atoms with Crippen molar-refractivity contribution < 1.29 is 46.9 Å². The average molecular weight is 685 g/mol. The maximum absolute atomic E-state index is 14.3. The number of para-hydroxylation sites is 1. The molecule has 0 radical (unpaired) electrons. The van der Waals surface area contributed by atoms with Crippen LogP contribution in [0.3, 0.4) is 0 Å². The number of nitrogens with one attached hydrogen (secondary N) is 1. The van der Waals surface area contributed by atoms with Crippen molar-refractivity contribution in [3.8, 4) is 11.8 Å². The fourth-order valence-corrected chi connectivity index (χ4v) is 6.76. The molecular formula is C31H37N6O10P. The van der Waals surface area contributed by atoms with E-state index in [0.29, 0.717) is 5.52 Å². The summed E-state index contributed by atoms with van der Waals surface area (Å²) in [5, 5.41) is 17.5. The lowest BCUT2D eigenvalue weighted by atomic mass is 9.85. The van der Waals surface area contributed by atoms with Crippen molar-refractivity contribution in [2.45, 2.75) is 82.3 Å². The van der Waals surface area contributed by atoms with E-state index in [9.17, 15) is 24.2 Å². The third-order valence-corrected chi connectivity index (χ3v) is 9.70. The molecule has 17 heteroatoms. The fourth-order valence-electron chi connectivity index (χ4n) is 5.24. The van der Waals surface area contributed by atoms with Crippen LogP contribution in [0.25, 0.3) is 5.52 Å². The van der Waals surface area contributed by atoms with E-state index < -0.39 is 62.2 Å². The molecule has 1 aliphatic heterocycles. The first-order valence-electron chi connectivity index (χ1n) is 15.5. The number of carbonyl (C=O) groups excluding carboxylic acids is 3. The van der Waals surface area contributed by atoms with Crippen molar-refractivity contribution >= 4 is 37.0 Å². The summed E-state index contributed by atoms with van der Waals surface area (Å²) in [5.74, 6) is -1.90. The molecule has 256 valence electrons. The number of anilines is 1. The van der Waals surface area contributed by atoms with Gasteiger partial charge in [-0.3, -0.25) is 18.9 Å². The van der Waals surface area contributed by atoms with Gasteiger partial charge in [0.05, 0.1) is 12.3 Å². The van der Waals surface area contributed by atoms with Crippen LogP contribution in [0.5, 0.6) is 5.75 Å². The van der Waals surface area contributed by atoms with E-state index in [4.69, 9.17) is 33.7 Å².